The van der Waals surface area contributed by atoms with E-state index in [2.05, 4.69) is 9.55 Å². The molecule has 22 heavy (non-hydrogen) atoms. The van der Waals surface area contributed by atoms with E-state index in [9.17, 15) is 0 Å². The van der Waals surface area contributed by atoms with Crippen LogP contribution in [-0.2, 0) is 6.54 Å². The fourth-order valence-corrected chi connectivity index (χ4v) is 2.58. The van der Waals surface area contributed by atoms with Crippen LogP contribution in [0.5, 0.6) is 11.5 Å². The maximum Gasteiger partial charge on any atom is 0.163 e. The van der Waals surface area contributed by atoms with E-state index >= 15 is 0 Å². The number of rotatable bonds is 4. The van der Waals surface area contributed by atoms with Crippen LogP contribution < -0.4 is 15.2 Å². The average Bonchev–Trinajstić information content (AvgIpc) is 2.83. The molecule has 0 spiro atoms. The SMILES string of the molecule is COc1cc2nc(C)n(Cc3ccc(N)cc3)c2cc1OC. The second-order valence-electron chi connectivity index (χ2n) is 5.18. The van der Waals surface area contributed by atoms with Crippen molar-refractivity contribution >= 4 is 16.7 Å². The van der Waals surface area contributed by atoms with Gasteiger partial charge in [0.1, 0.15) is 5.82 Å². The Balaban J connectivity index is 2.08. The van der Waals surface area contributed by atoms with Crippen molar-refractivity contribution in [3.63, 3.8) is 0 Å². The van der Waals surface area contributed by atoms with Crippen LogP contribution in [0.4, 0.5) is 5.69 Å². The van der Waals surface area contributed by atoms with Gasteiger partial charge >= 0.3 is 0 Å². The van der Waals surface area contributed by atoms with Gasteiger partial charge < -0.3 is 19.8 Å². The van der Waals surface area contributed by atoms with E-state index in [-0.39, 0.29) is 0 Å². The molecule has 0 aliphatic rings. The molecule has 3 aromatic rings. The smallest absolute Gasteiger partial charge is 0.163 e. The van der Waals surface area contributed by atoms with E-state index in [1.165, 1.54) is 5.56 Å². The molecule has 2 N–H and O–H groups in total. The van der Waals surface area contributed by atoms with Gasteiger partial charge in [0.25, 0.3) is 0 Å². The number of aromatic nitrogens is 2. The predicted molar refractivity (Wildman–Crippen MR) is 87.5 cm³/mol. The first-order chi connectivity index (χ1) is 10.6. The van der Waals surface area contributed by atoms with E-state index in [0.717, 1.165) is 29.1 Å². The third kappa shape index (κ3) is 2.45. The first kappa shape index (κ1) is 14.3. The van der Waals surface area contributed by atoms with Crippen LogP contribution in [0.25, 0.3) is 11.0 Å². The Hall–Kier alpha value is -2.69. The summed E-state index contributed by atoms with van der Waals surface area (Å²) in [7, 11) is 3.26. The number of aryl methyl sites for hydroxylation is 1. The van der Waals surface area contributed by atoms with Crippen LogP contribution in [0.3, 0.4) is 0 Å². The predicted octanol–water partition coefficient (Wildman–Crippen LogP) is 2.99. The van der Waals surface area contributed by atoms with Crippen LogP contribution in [0.1, 0.15) is 11.4 Å². The van der Waals surface area contributed by atoms with E-state index in [4.69, 9.17) is 15.2 Å². The Morgan fingerprint density at radius 3 is 2.32 bits per heavy atom. The summed E-state index contributed by atoms with van der Waals surface area (Å²) < 4.78 is 12.9. The topological polar surface area (TPSA) is 62.3 Å². The monoisotopic (exact) mass is 297 g/mol. The Labute approximate surface area is 129 Å². The Bertz CT molecular complexity index is 807. The molecule has 1 aromatic heterocycles. The number of anilines is 1. The number of nitrogens with two attached hydrogens (primary N) is 1. The maximum absolute atomic E-state index is 5.74. The van der Waals surface area contributed by atoms with Crippen molar-refractivity contribution < 1.29 is 9.47 Å². The largest absolute Gasteiger partial charge is 0.493 e. The number of benzene rings is 2. The van der Waals surface area contributed by atoms with Gasteiger partial charge in [-0.2, -0.15) is 0 Å². The molecule has 0 aliphatic heterocycles. The zero-order valence-corrected chi connectivity index (χ0v) is 13.0. The van der Waals surface area contributed by atoms with Gasteiger partial charge in [-0.1, -0.05) is 12.1 Å². The fourth-order valence-electron chi connectivity index (χ4n) is 2.58. The quantitative estimate of drug-likeness (QED) is 0.752. The number of imidazole rings is 1. The highest BCUT2D eigenvalue weighted by Gasteiger charge is 2.13. The molecule has 1 heterocycles. The molecule has 0 atom stereocenters. The number of hydrogen-bond donors (Lipinski definition) is 1. The lowest BCUT2D eigenvalue weighted by Gasteiger charge is -2.10. The molecular weight excluding hydrogens is 278 g/mol. The Morgan fingerprint density at radius 1 is 1.05 bits per heavy atom. The van der Waals surface area contributed by atoms with Crippen LogP contribution in [0, 0.1) is 6.92 Å². The summed E-state index contributed by atoms with van der Waals surface area (Å²) in [5.74, 6) is 2.34. The zero-order chi connectivity index (χ0) is 15.7. The molecule has 0 radical (unpaired) electrons. The van der Waals surface area contributed by atoms with Crippen LogP contribution in [-0.4, -0.2) is 23.8 Å². The summed E-state index contributed by atoms with van der Waals surface area (Å²) in [6.45, 7) is 2.73. The van der Waals surface area contributed by atoms with Gasteiger partial charge in [0, 0.05) is 24.4 Å². The third-order valence-corrected chi connectivity index (χ3v) is 3.76. The summed E-state index contributed by atoms with van der Waals surface area (Å²) in [5.41, 5.74) is 9.59. The first-order valence-corrected chi connectivity index (χ1v) is 7.05. The maximum atomic E-state index is 5.74. The minimum absolute atomic E-state index is 0.687. The molecule has 5 nitrogen and oxygen atoms in total. The Kier molecular flexibility index (Phi) is 3.63. The van der Waals surface area contributed by atoms with Crippen molar-refractivity contribution in [3.8, 4) is 11.5 Å². The molecule has 0 saturated carbocycles. The second kappa shape index (κ2) is 5.60. The summed E-state index contributed by atoms with van der Waals surface area (Å²) in [6, 6.07) is 11.7. The Morgan fingerprint density at radius 2 is 1.68 bits per heavy atom. The molecule has 114 valence electrons. The highest BCUT2D eigenvalue weighted by atomic mass is 16.5. The number of fused-ring (bicyclic) bond motifs is 1. The van der Waals surface area contributed by atoms with Gasteiger partial charge in [0.15, 0.2) is 11.5 Å². The normalized spacial score (nSPS) is 10.9. The number of ether oxygens (including phenoxy) is 2. The molecule has 2 aromatic carbocycles. The van der Waals surface area contributed by atoms with Crippen molar-refractivity contribution in [1.29, 1.82) is 0 Å². The van der Waals surface area contributed by atoms with Crippen molar-refractivity contribution in [3.05, 3.63) is 47.8 Å². The lowest BCUT2D eigenvalue weighted by molar-refractivity contribution is 0.355. The lowest BCUT2D eigenvalue weighted by atomic mass is 10.2. The highest BCUT2D eigenvalue weighted by Crippen LogP contribution is 2.32. The van der Waals surface area contributed by atoms with Gasteiger partial charge in [-0.25, -0.2) is 4.98 Å². The number of methoxy groups -OCH3 is 2. The van der Waals surface area contributed by atoms with E-state index < -0.39 is 0 Å². The van der Waals surface area contributed by atoms with Crippen molar-refractivity contribution in [2.24, 2.45) is 0 Å². The molecule has 5 heteroatoms. The molecule has 0 fully saturated rings. The van der Waals surface area contributed by atoms with Crippen molar-refractivity contribution in [1.82, 2.24) is 9.55 Å². The van der Waals surface area contributed by atoms with E-state index in [0.29, 0.717) is 11.5 Å². The summed E-state index contributed by atoms with van der Waals surface area (Å²) in [4.78, 5) is 4.61. The summed E-state index contributed by atoms with van der Waals surface area (Å²) in [6.07, 6.45) is 0. The number of hydrogen-bond acceptors (Lipinski definition) is 4. The molecular formula is C17H19N3O2. The second-order valence-corrected chi connectivity index (χ2v) is 5.18. The van der Waals surface area contributed by atoms with Crippen LogP contribution in [0.15, 0.2) is 36.4 Å². The van der Waals surface area contributed by atoms with Gasteiger partial charge in [0.2, 0.25) is 0 Å². The van der Waals surface area contributed by atoms with Gasteiger partial charge in [-0.3, -0.25) is 0 Å². The van der Waals surface area contributed by atoms with Crippen LogP contribution >= 0.6 is 0 Å². The summed E-state index contributed by atoms with van der Waals surface area (Å²) in [5, 5.41) is 0. The molecule has 0 unspecified atom stereocenters. The summed E-state index contributed by atoms with van der Waals surface area (Å²) >= 11 is 0. The molecule has 0 bridgehead atoms. The first-order valence-electron chi connectivity index (χ1n) is 7.05. The molecule has 3 rings (SSSR count). The van der Waals surface area contributed by atoms with Gasteiger partial charge in [-0.05, 0) is 24.6 Å². The molecule has 0 amide bonds. The van der Waals surface area contributed by atoms with Gasteiger partial charge in [-0.15, -0.1) is 0 Å². The minimum Gasteiger partial charge on any atom is -0.493 e. The van der Waals surface area contributed by atoms with E-state index in [1.807, 2.05) is 43.3 Å². The number of nitrogens with zero attached hydrogens (tertiary/aromatic N) is 2. The third-order valence-electron chi connectivity index (χ3n) is 3.76. The lowest BCUT2D eigenvalue weighted by Crippen LogP contribution is -2.02. The number of nitrogen functional groups attached to an aromatic ring is 1. The average molecular weight is 297 g/mol. The van der Waals surface area contributed by atoms with E-state index in [1.54, 1.807) is 14.2 Å². The molecule has 0 aliphatic carbocycles. The van der Waals surface area contributed by atoms with Gasteiger partial charge in [0.05, 0.1) is 25.3 Å². The highest BCUT2D eigenvalue weighted by molar-refractivity contribution is 5.80. The minimum atomic E-state index is 0.687. The van der Waals surface area contributed by atoms with Crippen LogP contribution in [0.2, 0.25) is 0 Å². The van der Waals surface area contributed by atoms with Crippen molar-refractivity contribution in [2.45, 2.75) is 13.5 Å². The van der Waals surface area contributed by atoms with Crippen molar-refractivity contribution in [2.75, 3.05) is 20.0 Å². The standard InChI is InChI=1S/C17H19N3O2/c1-11-19-14-8-16(21-2)17(22-3)9-15(14)20(11)10-12-4-6-13(18)7-5-12/h4-9H,10,18H2,1-3H3. The zero-order valence-electron chi connectivity index (χ0n) is 13.0. The fraction of sp³-hybridized carbons (Fsp3) is 0.235. The molecule has 0 saturated heterocycles.